The van der Waals surface area contributed by atoms with Gasteiger partial charge in [0, 0.05) is 22.2 Å². The number of methoxy groups -OCH3 is 2. The Morgan fingerprint density at radius 1 is 0.455 bits per heavy atom. The molecule has 2 atom stereocenters. The molecule has 6 rings (SSSR count). The maximum Gasteiger partial charge on any atom is 0.123 e. The van der Waals surface area contributed by atoms with E-state index in [0.717, 1.165) is 11.5 Å². The molecule has 0 saturated heterocycles. The van der Waals surface area contributed by atoms with Crippen LogP contribution in [0, 0.1) is 0 Å². The Labute approximate surface area is 335 Å². The van der Waals surface area contributed by atoms with Crippen molar-refractivity contribution in [2.75, 3.05) is 14.2 Å². The van der Waals surface area contributed by atoms with Crippen molar-refractivity contribution in [3.63, 3.8) is 0 Å². The largest absolute Gasteiger partial charge is 0.496 e. The van der Waals surface area contributed by atoms with Crippen molar-refractivity contribution in [1.82, 2.24) is 0 Å². The molecule has 0 fully saturated rings. The number of rotatable bonds is 6. The van der Waals surface area contributed by atoms with Gasteiger partial charge in [0.2, 0.25) is 0 Å². The van der Waals surface area contributed by atoms with Crippen LogP contribution in [0.5, 0.6) is 11.5 Å². The van der Waals surface area contributed by atoms with E-state index in [1.54, 1.807) is 0 Å². The van der Waals surface area contributed by atoms with Crippen molar-refractivity contribution in [2.45, 2.75) is 143 Å². The Bertz CT molecular complexity index is 1990. The lowest BCUT2D eigenvalue weighted by Gasteiger charge is -2.40. The van der Waals surface area contributed by atoms with Gasteiger partial charge in [0.25, 0.3) is 0 Å². The van der Waals surface area contributed by atoms with E-state index >= 15 is 0 Å². The molecule has 2 nitrogen and oxygen atoms in total. The number of ether oxygens (including phenoxy) is 2. The Balaban J connectivity index is 1.55. The summed E-state index contributed by atoms with van der Waals surface area (Å²) < 4.78 is 12.6. The summed E-state index contributed by atoms with van der Waals surface area (Å²) in [6.07, 6.45) is 4.98. The van der Waals surface area contributed by atoms with Gasteiger partial charge < -0.3 is 9.47 Å². The topological polar surface area (TPSA) is 18.5 Å². The SMILES string of the molecule is COc1ccc(-c2cc(C(C)(C)C)cc(C(C)(C)C)c2)c2c1C([Si](C)(C)C1C(C)=Cc3c(-c4cc(C(C)(C)C)cc(C(C)(C)C)c4)ccc(OC)c31)C(C)=C2. The monoisotopic (exact) mass is 752 g/mol. The second kappa shape index (κ2) is 13.7. The Morgan fingerprint density at radius 2 is 0.745 bits per heavy atom. The summed E-state index contributed by atoms with van der Waals surface area (Å²) >= 11 is 0. The molecule has 2 unspecified atom stereocenters. The van der Waals surface area contributed by atoms with Crippen LogP contribution in [0.3, 0.4) is 0 Å². The first kappa shape index (κ1) is 40.8. The number of fused-ring (bicyclic) bond motifs is 2. The molecule has 0 amide bonds. The fraction of sp³-hybridized carbons (Fsp3) is 0.462. The van der Waals surface area contributed by atoms with Crippen molar-refractivity contribution in [1.29, 1.82) is 0 Å². The molecule has 2 aliphatic carbocycles. The van der Waals surface area contributed by atoms with E-state index in [1.165, 1.54) is 77.9 Å². The third kappa shape index (κ3) is 7.32. The molecule has 0 radical (unpaired) electrons. The Kier molecular flexibility index (Phi) is 10.2. The molecule has 0 N–H and O–H groups in total. The fourth-order valence-corrected chi connectivity index (χ4v) is 14.4. The van der Waals surface area contributed by atoms with Crippen molar-refractivity contribution in [3.8, 4) is 33.8 Å². The minimum Gasteiger partial charge on any atom is -0.496 e. The van der Waals surface area contributed by atoms with Crippen LogP contribution >= 0.6 is 0 Å². The van der Waals surface area contributed by atoms with Crippen molar-refractivity contribution >= 4 is 20.2 Å². The van der Waals surface area contributed by atoms with Crippen molar-refractivity contribution in [2.24, 2.45) is 0 Å². The lowest BCUT2D eigenvalue weighted by Crippen LogP contribution is -2.42. The molecule has 292 valence electrons. The quantitative estimate of drug-likeness (QED) is 0.183. The zero-order valence-electron chi connectivity index (χ0n) is 37.4. The molecule has 2 aliphatic rings. The van der Waals surface area contributed by atoms with Gasteiger partial charge in [0.15, 0.2) is 0 Å². The predicted octanol–water partition coefficient (Wildman–Crippen LogP) is 14.7. The summed E-state index contributed by atoms with van der Waals surface area (Å²) in [5, 5.41) is 0. The van der Waals surface area contributed by atoms with Gasteiger partial charge in [-0.2, -0.15) is 0 Å². The van der Waals surface area contributed by atoms with Gasteiger partial charge in [-0.3, -0.25) is 0 Å². The van der Waals surface area contributed by atoms with Gasteiger partial charge in [-0.25, -0.2) is 0 Å². The van der Waals surface area contributed by atoms with E-state index < -0.39 is 8.07 Å². The van der Waals surface area contributed by atoms with Gasteiger partial charge in [0.1, 0.15) is 11.5 Å². The zero-order valence-corrected chi connectivity index (χ0v) is 38.4. The summed E-state index contributed by atoms with van der Waals surface area (Å²) in [4.78, 5) is 0. The highest BCUT2D eigenvalue weighted by Gasteiger charge is 2.49. The molecular weight excluding hydrogens is 685 g/mol. The summed E-state index contributed by atoms with van der Waals surface area (Å²) in [6, 6.07) is 23.6. The van der Waals surface area contributed by atoms with E-state index in [4.69, 9.17) is 9.47 Å². The third-order valence-electron chi connectivity index (χ3n) is 12.6. The molecule has 0 aliphatic heterocycles. The average Bonchev–Trinajstić information content (AvgIpc) is 3.62. The number of benzene rings is 4. The summed E-state index contributed by atoms with van der Waals surface area (Å²) in [5.74, 6) is 1.99. The van der Waals surface area contributed by atoms with Crippen LogP contribution in [0.4, 0.5) is 0 Å². The van der Waals surface area contributed by atoms with Crippen LogP contribution in [0.25, 0.3) is 34.4 Å². The molecule has 0 heterocycles. The van der Waals surface area contributed by atoms with Gasteiger partial charge in [-0.05, 0) is 103 Å². The zero-order chi connectivity index (χ0) is 40.8. The number of hydrogen-bond donors (Lipinski definition) is 0. The Morgan fingerprint density at radius 3 is 1.00 bits per heavy atom. The van der Waals surface area contributed by atoms with Crippen LogP contribution in [-0.4, -0.2) is 22.3 Å². The maximum atomic E-state index is 6.29. The van der Waals surface area contributed by atoms with Crippen LogP contribution in [0.1, 0.15) is 153 Å². The summed E-state index contributed by atoms with van der Waals surface area (Å²) in [5.41, 5.74) is 19.6. The van der Waals surface area contributed by atoms with E-state index in [1.807, 2.05) is 14.2 Å². The lowest BCUT2D eigenvalue weighted by atomic mass is 9.78. The second-order valence-corrected chi connectivity index (χ2v) is 26.1. The highest BCUT2D eigenvalue weighted by Crippen LogP contribution is 2.58. The van der Waals surface area contributed by atoms with E-state index in [0.29, 0.717) is 0 Å². The molecule has 4 aromatic carbocycles. The number of hydrogen-bond acceptors (Lipinski definition) is 2. The number of allylic oxidation sites excluding steroid dienone is 2. The molecular formula is C52H68O2Si. The molecule has 0 saturated carbocycles. The minimum absolute atomic E-state index is 0.0366. The molecule has 3 heteroatoms. The van der Waals surface area contributed by atoms with Crippen molar-refractivity contribution in [3.05, 3.63) is 116 Å². The van der Waals surface area contributed by atoms with Crippen molar-refractivity contribution < 1.29 is 9.47 Å². The fourth-order valence-electron chi connectivity index (χ4n) is 9.46. The van der Waals surface area contributed by atoms with E-state index in [2.05, 4.69) is 183 Å². The minimum atomic E-state index is -2.27. The highest BCUT2D eigenvalue weighted by molar-refractivity contribution is 6.82. The first-order valence-corrected chi connectivity index (χ1v) is 23.6. The average molecular weight is 753 g/mol. The van der Waals surface area contributed by atoms with Crippen LogP contribution in [0.2, 0.25) is 13.1 Å². The van der Waals surface area contributed by atoms with Crippen LogP contribution in [-0.2, 0) is 21.7 Å². The third-order valence-corrected chi connectivity index (χ3v) is 17.1. The molecule has 0 bridgehead atoms. The Hall–Kier alpha value is -3.82. The van der Waals surface area contributed by atoms with Gasteiger partial charge in [0.05, 0.1) is 22.3 Å². The van der Waals surface area contributed by atoms with Crippen LogP contribution < -0.4 is 9.47 Å². The van der Waals surface area contributed by atoms with Gasteiger partial charge >= 0.3 is 0 Å². The highest BCUT2D eigenvalue weighted by atomic mass is 28.3. The predicted molar refractivity (Wildman–Crippen MR) is 242 cm³/mol. The van der Waals surface area contributed by atoms with Gasteiger partial charge in [-0.1, -0.05) is 168 Å². The van der Waals surface area contributed by atoms with Crippen LogP contribution in [0.15, 0.2) is 71.8 Å². The van der Waals surface area contributed by atoms with Gasteiger partial charge in [-0.15, -0.1) is 0 Å². The molecule has 0 spiro atoms. The molecule has 0 aromatic heterocycles. The molecule has 4 aromatic rings. The smallest absolute Gasteiger partial charge is 0.123 e. The first-order chi connectivity index (χ1) is 25.3. The second-order valence-electron chi connectivity index (χ2n) is 21.3. The normalized spacial score (nSPS) is 17.5. The standard InChI is InChI=1S/C52H68O2Si/c1-31-23-41-39(33-25-35(49(3,4)5)29-36(26-33)50(6,7)8)19-21-43(53-15)45(41)47(31)55(17,18)48-32(2)24-42-40(20-22-44(54-16)46(42)48)34-27-37(51(9,10)11)30-38(28-34)52(12,13)14/h19-30,47-48H,1-18H3. The van der Waals surface area contributed by atoms with E-state index in [9.17, 15) is 0 Å². The first-order valence-electron chi connectivity index (χ1n) is 20.4. The van der Waals surface area contributed by atoms with E-state index in [-0.39, 0.29) is 32.7 Å². The lowest BCUT2D eigenvalue weighted by molar-refractivity contribution is 0.409. The summed E-state index contributed by atoms with van der Waals surface area (Å²) in [6.45, 7) is 37.8. The molecule has 55 heavy (non-hydrogen) atoms. The maximum absolute atomic E-state index is 6.29. The summed E-state index contributed by atoms with van der Waals surface area (Å²) in [7, 11) is 1.42.